The van der Waals surface area contributed by atoms with Gasteiger partial charge in [0.1, 0.15) is 0 Å². The highest BCUT2D eigenvalue weighted by Crippen LogP contribution is 2.29. The number of rotatable bonds is 5. The van der Waals surface area contributed by atoms with E-state index >= 15 is 0 Å². The van der Waals surface area contributed by atoms with Gasteiger partial charge in [-0.1, -0.05) is 0 Å². The number of carbonyl (C=O) groups is 1. The quantitative estimate of drug-likeness (QED) is 0.748. The molecule has 0 aliphatic rings. The lowest BCUT2D eigenvalue weighted by molar-refractivity contribution is -0.134. The maximum absolute atomic E-state index is 12.2. The lowest BCUT2D eigenvalue weighted by Crippen LogP contribution is -2.59. The van der Waals surface area contributed by atoms with E-state index in [4.69, 9.17) is 10.5 Å². The molecule has 1 amide bonds. The Morgan fingerprint density at radius 1 is 1.19 bits per heavy atom. The summed E-state index contributed by atoms with van der Waals surface area (Å²) in [7, 11) is 1.62. The number of carbonyl (C=O) groups excluding carboxylic acids is 1. The van der Waals surface area contributed by atoms with Crippen molar-refractivity contribution >= 4 is 5.91 Å². The molecule has 4 heteroatoms. The van der Waals surface area contributed by atoms with Crippen LogP contribution in [0, 0.1) is 5.41 Å². The molecule has 0 aromatic heterocycles. The Labute approximate surface area is 98.9 Å². The van der Waals surface area contributed by atoms with Gasteiger partial charge >= 0.3 is 0 Å². The van der Waals surface area contributed by atoms with Gasteiger partial charge in [0.2, 0.25) is 5.91 Å². The molecule has 0 bridgehead atoms. The van der Waals surface area contributed by atoms with Gasteiger partial charge in [-0.25, -0.2) is 0 Å². The highest BCUT2D eigenvalue weighted by molar-refractivity contribution is 5.83. The van der Waals surface area contributed by atoms with Crippen LogP contribution >= 0.6 is 0 Å². The Bertz CT molecular complexity index is 252. The fourth-order valence-electron chi connectivity index (χ4n) is 1.15. The summed E-state index contributed by atoms with van der Waals surface area (Å²) in [5.41, 5.74) is 4.44. The summed E-state index contributed by atoms with van der Waals surface area (Å²) in [6.07, 6.45) is 0. The minimum Gasteiger partial charge on any atom is -0.382 e. The highest BCUT2D eigenvalue weighted by Gasteiger charge is 2.41. The smallest absolute Gasteiger partial charge is 0.227 e. The molecule has 0 aromatic rings. The first-order valence-corrected chi connectivity index (χ1v) is 5.54. The Balaban J connectivity index is 4.71. The number of hydrogen-bond acceptors (Lipinski definition) is 3. The average molecular weight is 230 g/mol. The monoisotopic (exact) mass is 230 g/mol. The van der Waals surface area contributed by atoms with Crippen molar-refractivity contribution in [2.75, 3.05) is 13.7 Å². The largest absolute Gasteiger partial charge is 0.382 e. The molecule has 0 aliphatic heterocycles. The number of ether oxygens (including phenoxy) is 1. The molecular formula is C12H26N2O2. The second-order valence-electron chi connectivity index (χ2n) is 6.12. The third-order valence-electron chi connectivity index (χ3n) is 3.14. The summed E-state index contributed by atoms with van der Waals surface area (Å²) in [6, 6.07) is 0. The van der Waals surface area contributed by atoms with Crippen LogP contribution in [0.1, 0.15) is 41.5 Å². The Morgan fingerprint density at radius 3 is 1.94 bits per heavy atom. The van der Waals surface area contributed by atoms with Crippen LogP contribution in [0.25, 0.3) is 0 Å². The van der Waals surface area contributed by atoms with Crippen molar-refractivity contribution in [2.24, 2.45) is 11.1 Å². The van der Waals surface area contributed by atoms with E-state index in [0.717, 1.165) is 0 Å². The van der Waals surface area contributed by atoms with E-state index in [9.17, 15) is 4.79 Å². The second kappa shape index (κ2) is 4.72. The van der Waals surface area contributed by atoms with Gasteiger partial charge in [-0.2, -0.15) is 0 Å². The fourth-order valence-corrected chi connectivity index (χ4v) is 1.15. The lowest BCUT2D eigenvalue weighted by Gasteiger charge is -2.39. The summed E-state index contributed by atoms with van der Waals surface area (Å²) >= 11 is 0. The zero-order valence-corrected chi connectivity index (χ0v) is 11.6. The third-order valence-corrected chi connectivity index (χ3v) is 3.14. The zero-order valence-electron chi connectivity index (χ0n) is 11.6. The first kappa shape index (κ1) is 15.4. The van der Waals surface area contributed by atoms with Crippen molar-refractivity contribution in [2.45, 2.75) is 52.6 Å². The van der Waals surface area contributed by atoms with Gasteiger partial charge in [0.25, 0.3) is 0 Å². The molecule has 16 heavy (non-hydrogen) atoms. The molecule has 96 valence electrons. The SMILES string of the molecule is COCC(C)(C)NC(=O)C(C)(C)C(C)(C)N. The summed E-state index contributed by atoms with van der Waals surface area (Å²) in [6.45, 7) is 11.7. The van der Waals surface area contributed by atoms with E-state index in [-0.39, 0.29) is 11.4 Å². The molecule has 0 radical (unpaired) electrons. The first-order valence-electron chi connectivity index (χ1n) is 5.54. The highest BCUT2D eigenvalue weighted by atomic mass is 16.5. The molecule has 0 atom stereocenters. The van der Waals surface area contributed by atoms with Gasteiger partial charge in [-0.15, -0.1) is 0 Å². The molecule has 0 aliphatic carbocycles. The molecule has 0 rings (SSSR count). The third kappa shape index (κ3) is 3.76. The van der Waals surface area contributed by atoms with Crippen molar-refractivity contribution in [3.05, 3.63) is 0 Å². The Hall–Kier alpha value is -0.610. The van der Waals surface area contributed by atoms with Crippen LogP contribution in [0.4, 0.5) is 0 Å². The lowest BCUT2D eigenvalue weighted by atomic mass is 9.74. The maximum atomic E-state index is 12.2. The number of nitrogens with one attached hydrogen (secondary N) is 1. The van der Waals surface area contributed by atoms with E-state index in [1.54, 1.807) is 7.11 Å². The van der Waals surface area contributed by atoms with E-state index in [2.05, 4.69) is 5.32 Å². The normalized spacial score (nSPS) is 13.8. The van der Waals surface area contributed by atoms with Crippen molar-refractivity contribution in [1.82, 2.24) is 5.32 Å². The van der Waals surface area contributed by atoms with Gasteiger partial charge in [-0.05, 0) is 41.5 Å². The van der Waals surface area contributed by atoms with Crippen LogP contribution in [-0.2, 0) is 9.53 Å². The molecule has 0 fully saturated rings. The van der Waals surface area contributed by atoms with Gasteiger partial charge in [0, 0.05) is 12.6 Å². The molecular weight excluding hydrogens is 204 g/mol. The molecule has 0 unspecified atom stereocenters. The van der Waals surface area contributed by atoms with E-state index in [0.29, 0.717) is 6.61 Å². The van der Waals surface area contributed by atoms with Crippen molar-refractivity contribution in [3.63, 3.8) is 0 Å². The van der Waals surface area contributed by atoms with Crippen molar-refractivity contribution < 1.29 is 9.53 Å². The zero-order chi connectivity index (χ0) is 13.2. The molecule has 3 N–H and O–H groups in total. The van der Waals surface area contributed by atoms with Gasteiger partial charge < -0.3 is 15.8 Å². The summed E-state index contributed by atoms with van der Waals surface area (Å²) < 4.78 is 5.06. The summed E-state index contributed by atoms with van der Waals surface area (Å²) in [4.78, 5) is 12.2. The Kier molecular flexibility index (Phi) is 4.54. The maximum Gasteiger partial charge on any atom is 0.227 e. The summed E-state index contributed by atoms with van der Waals surface area (Å²) in [5.74, 6) is -0.0537. The number of hydrogen-bond donors (Lipinski definition) is 2. The van der Waals surface area contributed by atoms with Crippen LogP contribution < -0.4 is 11.1 Å². The van der Waals surface area contributed by atoms with Gasteiger partial charge in [0.15, 0.2) is 0 Å². The minimum atomic E-state index is -0.627. The predicted molar refractivity (Wildman–Crippen MR) is 66.1 cm³/mol. The minimum absolute atomic E-state index is 0.0537. The number of methoxy groups -OCH3 is 1. The van der Waals surface area contributed by atoms with Gasteiger partial charge in [-0.3, -0.25) is 4.79 Å². The van der Waals surface area contributed by atoms with Crippen LogP contribution in [0.2, 0.25) is 0 Å². The number of nitrogens with two attached hydrogens (primary N) is 1. The molecule has 0 saturated heterocycles. The molecule has 0 saturated carbocycles. The molecule has 0 spiro atoms. The summed E-state index contributed by atoms with van der Waals surface area (Å²) in [5, 5.41) is 2.96. The van der Waals surface area contributed by atoms with Crippen LogP contribution in [0.15, 0.2) is 0 Å². The van der Waals surface area contributed by atoms with Crippen LogP contribution in [0.3, 0.4) is 0 Å². The molecule has 0 heterocycles. The van der Waals surface area contributed by atoms with Crippen LogP contribution in [-0.4, -0.2) is 30.7 Å². The van der Waals surface area contributed by atoms with Gasteiger partial charge in [0.05, 0.1) is 17.6 Å². The van der Waals surface area contributed by atoms with E-state index in [1.807, 2.05) is 41.5 Å². The van der Waals surface area contributed by atoms with Crippen LogP contribution in [0.5, 0.6) is 0 Å². The fraction of sp³-hybridized carbons (Fsp3) is 0.917. The van der Waals surface area contributed by atoms with Crippen molar-refractivity contribution in [3.8, 4) is 0 Å². The second-order valence-corrected chi connectivity index (χ2v) is 6.12. The average Bonchev–Trinajstić information content (AvgIpc) is 2.00. The van der Waals surface area contributed by atoms with E-state index < -0.39 is 11.0 Å². The topological polar surface area (TPSA) is 64.3 Å². The standard InChI is InChI=1S/C12H26N2O2/c1-10(2,8-16-7)14-9(15)11(3,4)12(5,6)13/h8,13H2,1-7H3,(H,14,15). The first-order chi connectivity index (χ1) is 6.94. The molecule has 0 aromatic carbocycles. The van der Waals surface area contributed by atoms with Crippen molar-refractivity contribution in [1.29, 1.82) is 0 Å². The number of amides is 1. The Morgan fingerprint density at radius 2 is 1.62 bits per heavy atom. The molecule has 4 nitrogen and oxygen atoms in total. The predicted octanol–water partition coefficient (Wildman–Crippen LogP) is 1.29. The van der Waals surface area contributed by atoms with E-state index in [1.165, 1.54) is 0 Å².